The molecular weight excluding hydrogens is 416 g/mol. The van der Waals surface area contributed by atoms with Crippen molar-refractivity contribution in [2.24, 2.45) is 16.8 Å². The number of carbonyl (C=O) groups is 1. The van der Waals surface area contributed by atoms with Gasteiger partial charge >= 0.3 is 0 Å². The smallest absolute Gasteiger partial charge is 0.267 e. The van der Waals surface area contributed by atoms with Gasteiger partial charge in [-0.1, -0.05) is 63.9 Å². The van der Waals surface area contributed by atoms with Gasteiger partial charge in [-0.3, -0.25) is 9.69 Å². The third-order valence-corrected chi connectivity index (χ3v) is 6.96. The molecule has 2 aromatic carbocycles. The molecule has 32 heavy (non-hydrogen) atoms. The topological polar surface area (TPSA) is 41.9 Å². The highest BCUT2D eigenvalue weighted by Crippen LogP contribution is 2.40. The largest absolute Gasteiger partial charge is 0.493 e. The number of thioether (sulfide) groups is 1. The number of amidine groups is 1. The summed E-state index contributed by atoms with van der Waals surface area (Å²) in [5, 5.41) is 0.795. The maximum absolute atomic E-state index is 13.5. The summed E-state index contributed by atoms with van der Waals surface area (Å²) in [4.78, 5) is 21.1. The Morgan fingerprint density at radius 3 is 2.50 bits per heavy atom. The van der Waals surface area contributed by atoms with E-state index >= 15 is 0 Å². The summed E-state index contributed by atoms with van der Waals surface area (Å²) >= 11 is 1.49. The second-order valence-electron chi connectivity index (χ2n) is 9.12. The molecule has 2 atom stereocenters. The van der Waals surface area contributed by atoms with Crippen LogP contribution in [0.4, 0.5) is 5.69 Å². The van der Waals surface area contributed by atoms with E-state index in [1.54, 1.807) is 0 Å². The Labute approximate surface area is 195 Å². The SMILES string of the molecule is CC(C)COc1ccc(/C=C2\SC(=Nc3ccccc3)N([C@H]3CCCC[C@@H]3C)C2=O)cc1. The molecule has 1 heterocycles. The van der Waals surface area contributed by atoms with Gasteiger partial charge < -0.3 is 4.74 Å². The molecule has 4 nitrogen and oxygen atoms in total. The number of benzene rings is 2. The summed E-state index contributed by atoms with van der Waals surface area (Å²) in [5.74, 6) is 1.89. The molecule has 0 aromatic heterocycles. The van der Waals surface area contributed by atoms with Crippen molar-refractivity contribution in [3.63, 3.8) is 0 Å². The van der Waals surface area contributed by atoms with Crippen LogP contribution in [0.15, 0.2) is 64.5 Å². The molecule has 0 spiro atoms. The second kappa shape index (κ2) is 10.4. The van der Waals surface area contributed by atoms with Gasteiger partial charge in [0.2, 0.25) is 0 Å². The minimum Gasteiger partial charge on any atom is -0.493 e. The van der Waals surface area contributed by atoms with Crippen LogP contribution < -0.4 is 4.74 Å². The van der Waals surface area contributed by atoms with Gasteiger partial charge in [0.1, 0.15) is 5.75 Å². The molecule has 5 heteroatoms. The van der Waals surface area contributed by atoms with Crippen molar-refractivity contribution in [1.82, 2.24) is 4.90 Å². The molecule has 1 amide bonds. The fraction of sp³-hybridized carbons (Fsp3) is 0.407. The summed E-state index contributed by atoms with van der Waals surface area (Å²) in [6.07, 6.45) is 6.59. The Morgan fingerprint density at radius 2 is 1.81 bits per heavy atom. The van der Waals surface area contributed by atoms with Crippen LogP contribution in [0.25, 0.3) is 6.08 Å². The van der Waals surface area contributed by atoms with E-state index in [1.807, 2.05) is 65.6 Å². The van der Waals surface area contributed by atoms with Gasteiger partial charge in [0, 0.05) is 6.04 Å². The van der Waals surface area contributed by atoms with Crippen molar-refractivity contribution in [3.8, 4) is 5.75 Å². The fourth-order valence-corrected chi connectivity index (χ4v) is 5.27. The lowest BCUT2D eigenvalue weighted by Crippen LogP contribution is -2.44. The minimum atomic E-state index is 0.0727. The normalized spacial score (nSPS) is 24.0. The van der Waals surface area contributed by atoms with Gasteiger partial charge in [0.05, 0.1) is 17.2 Å². The van der Waals surface area contributed by atoms with Crippen LogP contribution in [-0.4, -0.2) is 28.6 Å². The van der Waals surface area contributed by atoms with Crippen LogP contribution >= 0.6 is 11.8 Å². The van der Waals surface area contributed by atoms with Gasteiger partial charge in [-0.25, -0.2) is 4.99 Å². The van der Waals surface area contributed by atoms with Crippen LogP contribution in [0, 0.1) is 11.8 Å². The number of carbonyl (C=O) groups excluding carboxylic acids is 1. The molecule has 1 aliphatic heterocycles. The maximum Gasteiger partial charge on any atom is 0.267 e. The second-order valence-corrected chi connectivity index (χ2v) is 10.1. The lowest BCUT2D eigenvalue weighted by Gasteiger charge is -2.35. The monoisotopic (exact) mass is 448 g/mol. The first-order valence-corrected chi connectivity index (χ1v) is 12.4. The first-order valence-electron chi connectivity index (χ1n) is 11.6. The number of amides is 1. The van der Waals surface area contributed by atoms with Gasteiger partial charge in [0.15, 0.2) is 5.17 Å². The number of nitrogens with zero attached hydrogens (tertiary/aromatic N) is 2. The summed E-state index contributed by atoms with van der Waals surface area (Å²) < 4.78 is 5.78. The highest BCUT2D eigenvalue weighted by Gasteiger charge is 2.41. The zero-order chi connectivity index (χ0) is 22.5. The lowest BCUT2D eigenvalue weighted by atomic mass is 9.85. The first-order chi connectivity index (χ1) is 15.5. The van der Waals surface area contributed by atoms with Crippen molar-refractivity contribution >= 4 is 34.6 Å². The number of para-hydroxylation sites is 1. The fourth-order valence-electron chi connectivity index (χ4n) is 4.22. The van der Waals surface area contributed by atoms with E-state index in [0.29, 0.717) is 18.4 Å². The molecule has 168 valence electrons. The van der Waals surface area contributed by atoms with E-state index in [0.717, 1.165) is 39.9 Å². The highest BCUT2D eigenvalue weighted by atomic mass is 32.2. The quantitative estimate of drug-likeness (QED) is 0.451. The zero-order valence-electron chi connectivity index (χ0n) is 19.2. The Bertz CT molecular complexity index is 982. The minimum absolute atomic E-state index is 0.0727. The number of hydrogen-bond acceptors (Lipinski definition) is 4. The predicted octanol–water partition coefficient (Wildman–Crippen LogP) is 6.90. The van der Waals surface area contributed by atoms with E-state index in [4.69, 9.17) is 9.73 Å². The lowest BCUT2D eigenvalue weighted by molar-refractivity contribution is -0.124. The summed E-state index contributed by atoms with van der Waals surface area (Å²) in [5.41, 5.74) is 1.87. The average Bonchev–Trinajstić information content (AvgIpc) is 3.08. The Morgan fingerprint density at radius 1 is 1.09 bits per heavy atom. The molecule has 1 saturated heterocycles. The van der Waals surface area contributed by atoms with Gasteiger partial charge in [-0.05, 0) is 72.3 Å². The van der Waals surface area contributed by atoms with E-state index < -0.39 is 0 Å². The Balaban J connectivity index is 1.60. The van der Waals surface area contributed by atoms with Gasteiger partial charge in [0.25, 0.3) is 5.91 Å². The van der Waals surface area contributed by atoms with Crippen molar-refractivity contribution in [1.29, 1.82) is 0 Å². The Kier molecular flexibility index (Phi) is 7.36. The van der Waals surface area contributed by atoms with Crippen LogP contribution in [0.3, 0.4) is 0 Å². The molecule has 0 radical (unpaired) electrons. The highest BCUT2D eigenvalue weighted by molar-refractivity contribution is 8.18. The first kappa shape index (κ1) is 22.7. The number of aliphatic imine (C=N–C) groups is 1. The van der Waals surface area contributed by atoms with E-state index in [2.05, 4.69) is 20.8 Å². The van der Waals surface area contributed by atoms with Crippen LogP contribution in [0.1, 0.15) is 52.0 Å². The molecule has 0 N–H and O–H groups in total. The van der Waals surface area contributed by atoms with E-state index in [-0.39, 0.29) is 11.9 Å². The molecule has 0 bridgehead atoms. The molecule has 1 saturated carbocycles. The van der Waals surface area contributed by atoms with Crippen molar-refractivity contribution < 1.29 is 9.53 Å². The standard InChI is InChI=1S/C27H32N2O2S/c1-19(2)18-31-23-15-13-21(14-16-23)17-25-26(30)29(24-12-8-7-9-20(24)3)27(32-25)28-22-10-5-4-6-11-22/h4-6,10-11,13-17,19-20,24H,7-9,12,18H2,1-3H3/b25-17-,28-27?/t20-,24-/m0/s1. The van der Waals surface area contributed by atoms with Crippen LogP contribution in [0.2, 0.25) is 0 Å². The van der Waals surface area contributed by atoms with Crippen LogP contribution in [0.5, 0.6) is 5.75 Å². The molecule has 0 unspecified atom stereocenters. The van der Waals surface area contributed by atoms with E-state index in [9.17, 15) is 4.79 Å². The summed E-state index contributed by atoms with van der Waals surface area (Å²) in [7, 11) is 0. The molecular formula is C27H32N2O2S. The van der Waals surface area contributed by atoms with Crippen LogP contribution in [-0.2, 0) is 4.79 Å². The van der Waals surface area contributed by atoms with Crippen molar-refractivity contribution in [2.75, 3.05) is 6.61 Å². The van der Waals surface area contributed by atoms with E-state index in [1.165, 1.54) is 24.6 Å². The number of rotatable bonds is 6. The molecule has 2 aromatic rings. The predicted molar refractivity (Wildman–Crippen MR) is 134 cm³/mol. The third-order valence-electron chi connectivity index (χ3n) is 5.98. The van der Waals surface area contributed by atoms with Crippen molar-refractivity contribution in [3.05, 3.63) is 65.1 Å². The van der Waals surface area contributed by atoms with Gasteiger partial charge in [-0.2, -0.15) is 0 Å². The molecule has 1 aliphatic carbocycles. The van der Waals surface area contributed by atoms with Gasteiger partial charge in [-0.15, -0.1) is 0 Å². The molecule has 4 rings (SSSR count). The summed E-state index contributed by atoms with van der Waals surface area (Å²) in [6.45, 7) is 7.23. The Hall–Kier alpha value is -2.53. The number of hydrogen-bond donors (Lipinski definition) is 0. The summed E-state index contributed by atoms with van der Waals surface area (Å²) in [6, 6.07) is 18.1. The molecule has 2 fully saturated rings. The maximum atomic E-state index is 13.5. The number of ether oxygens (including phenoxy) is 1. The van der Waals surface area contributed by atoms with Crippen molar-refractivity contribution in [2.45, 2.75) is 52.5 Å². The third kappa shape index (κ3) is 5.44. The average molecular weight is 449 g/mol. The molecule has 2 aliphatic rings. The zero-order valence-corrected chi connectivity index (χ0v) is 20.0.